The van der Waals surface area contributed by atoms with Crippen LogP contribution in [0.15, 0.2) is 59.1 Å². The quantitative estimate of drug-likeness (QED) is 0.652. The van der Waals surface area contributed by atoms with Gasteiger partial charge in [0.15, 0.2) is 6.61 Å². The zero-order valence-corrected chi connectivity index (χ0v) is 14.6. The highest BCUT2D eigenvalue weighted by atomic mass is 19.4. The van der Waals surface area contributed by atoms with Crippen LogP contribution in [0.3, 0.4) is 0 Å². The molecule has 0 aliphatic heterocycles. The minimum absolute atomic E-state index is 0.0179. The van der Waals surface area contributed by atoms with Crippen molar-refractivity contribution in [2.45, 2.75) is 19.0 Å². The number of hydrogen-bond donors (Lipinski definition) is 1. The highest BCUT2D eigenvalue weighted by Crippen LogP contribution is 2.26. The average Bonchev–Trinajstić information content (AvgIpc) is 3.15. The molecule has 3 aromatic rings. The molecule has 0 fully saturated rings. The van der Waals surface area contributed by atoms with Crippen LogP contribution in [0.4, 0.5) is 18.9 Å². The molecule has 3 rings (SSSR count). The number of carbonyl (C=O) groups excluding carboxylic acids is 1. The third-order valence-corrected chi connectivity index (χ3v) is 3.62. The zero-order valence-electron chi connectivity index (χ0n) is 14.6. The van der Waals surface area contributed by atoms with Gasteiger partial charge in [0.25, 0.3) is 0 Å². The van der Waals surface area contributed by atoms with Gasteiger partial charge >= 0.3 is 6.18 Å². The zero-order chi connectivity index (χ0) is 20.0. The molecule has 0 aliphatic carbocycles. The maximum absolute atomic E-state index is 12.3. The van der Waals surface area contributed by atoms with Gasteiger partial charge in [0.1, 0.15) is 5.75 Å². The summed E-state index contributed by atoms with van der Waals surface area (Å²) in [5.41, 5.74) is 0.949. The molecule has 9 heteroatoms. The molecule has 0 unspecified atom stereocenters. The van der Waals surface area contributed by atoms with Crippen molar-refractivity contribution in [3.8, 4) is 17.1 Å². The van der Waals surface area contributed by atoms with Gasteiger partial charge in [-0.15, -0.1) is 0 Å². The van der Waals surface area contributed by atoms with Gasteiger partial charge < -0.3 is 14.6 Å². The van der Waals surface area contributed by atoms with E-state index in [9.17, 15) is 18.0 Å². The molecule has 0 saturated heterocycles. The van der Waals surface area contributed by atoms with Gasteiger partial charge in [-0.05, 0) is 12.1 Å². The standard InChI is InChI=1S/C19H16F3N3O3/c20-19(21,22)12-27-15-9-5-4-8-14(15)23-16(26)10-11-17-24-18(25-28-17)13-6-2-1-3-7-13/h1-9H,10-12H2,(H,23,26). The number of alkyl halides is 3. The number of carbonyl (C=O) groups is 1. The first-order valence-electron chi connectivity index (χ1n) is 8.37. The van der Waals surface area contributed by atoms with E-state index in [1.54, 1.807) is 6.07 Å². The van der Waals surface area contributed by atoms with Gasteiger partial charge in [-0.25, -0.2) is 0 Å². The largest absolute Gasteiger partial charge is 0.482 e. The third kappa shape index (κ3) is 5.57. The summed E-state index contributed by atoms with van der Waals surface area (Å²) in [5.74, 6) is 0.234. The summed E-state index contributed by atoms with van der Waals surface area (Å²) >= 11 is 0. The summed E-state index contributed by atoms with van der Waals surface area (Å²) in [7, 11) is 0. The van der Waals surface area contributed by atoms with E-state index in [0.717, 1.165) is 5.56 Å². The summed E-state index contributed by atoms with van der Waals surface area (Å²) in [6.45, 7) is -1.44. The van der Waals surface area contributed by atoms with E-state index < -0.39 is 18.7 Å². The van der Waals surface area contributed by atoms with Crippen LogP contribution in [-0.2, 0) is 11.2 Å². The molecule has 6 nitrogen and oxygen atoms in total. The summed E-state index contributed by atoms with van der Waals surface area (Å²) in [4.78, 5) is 16.4. The Labute approximate surface area is 158 Å². The van der Waals surface area contributed by atoms with Crippen LogP contribution in [0.25, 0.3) is 11.4 Å². The summed E-state index contributed by atoms with van der Waals surface area (Å²) in [5, 5.41) is 6.40. The third-order valence-electron chi connectivity index (χ3n) is 3.62. The Hall–Kier alpha value is -3.36. The van der Waals surface area contributed by atoms with Crippen molar-refractivity contribution in [3.63, 3.8) is 0 Å². The lowest BCUT2D eigenvalue weighted by molar-refractivity contribution is -0.153. The van der Waals surface area contributed by atoms with Crippen LogP contribution < -0.4 is 10.1 Å². The van der Waals surface area contributed by atoms with E-state index in [-0.39, 0.29) is 30.2 Å². The van der Waals surface area contributed by atoms with Crippen LogP contribution in [0.1, 0.15) is 12.3 Å². The fourth-order valence-corrected chi connectivity index (χ4v) is 2.35. The number of rotatable bonds is 7. The van der Waals surface area contributed by atoms with Crippen molar-refractivity contribution in [1.82, 2.24) is 10.1 Å². The minimum atomic E-state index is -4.47. The molecule has 0 atom stereocenters. The molecular weight excluding hydrogens is 375 g/mol. The predicted octanol–water partition coefficient (Wildman–Crippen LogP) is 4.25. The van der Waals surface area contributed by atoms with Crippen molar-refractivity contribution >= 4 is 11.6 Å². The number of halogens is 3. The smallest absolute Gasteiger partial charge is 0.422 e. The number of aryl methyl sites for hydroxylation is 1. The number of nitrogens with one attached hydrogen (secondary N) is 1. The highest BCUT2D eigenvalue weighted by molar-refractivity contribution is 5.92. The number of amides is 1. The topological polar surface area (TPSA) is 77.2 Å². The van der Waals surface area contributed by atoms with Crippen molar-refractivity contribution in [2.75, 3.05) is 11.9 Å². The molecule has 0 aliphatic rings. The normalized spacial score (nSPS) is 11.2. The molecule has 2 aromatic carbocycles. The molecule has 0 bridgehead atoms. The van der Waals surface area contributed by atoms with Crippen LogP contribution in [0.5, 0.6) is 5.75 Å². The van der Waals surface area contributed by atoms with E-state index in [1.807, 2.05) is 30.3 Å². The van der Waals surface area contributed by atoms with E-state index in [0.29, 0.717) is 5.82 Å². The second-order valence-electron chi connectivity index (χ2n) is 5.83. The van der Waals surface area contributed by atoms with E-state index >= 15 is 0 Å². The first-order valence-corrected chi connectivity index (χ1v) is 8.37. The van der Waals surface area contributed by atoms with Gasteiger partial charge in [0, 0.05) is 18.4 Å². The Morgan fingerprint density at radius 1 is 1.07 bits per heavy atom. The fourth-order valence-electron chi connectivity index (χ4n) is 2.35. The van der Waals surface area contributed by atoms with Gasteiger partial charge in [-0.3, -0.25) is 4.79 Å². The minimum Gasteiger partial charge on any atom is -0.482 e. The summed E-state index contributed by atoms with van der Waals surface area (Å²) in [6.07, 6.45) is -4.26. The van der Waals surface area contributed by atoms with E-state index in [4.69, 9.17) is 9.26 Å². The second kappa shape index (κ2) is 8.55. The number of benzene rings is 2. The lowest BCUT2D eigenvalue weighted by atomic mass is 10.2. The average molecular weight is 391 g/mol. The lowest BCUT2D eigenvalue weighted by Crippen LogP contribution is -2.20. The Bertz CT molecular complexity index is 927. The fraction of sp³-hybridized carbons (Fsp3) is 0.211. The van der Waals surface area contributed by atoms with E-state index in [1.165, 1.54) is 18.2 Å². The van der Waals surface area contributed by atoms with Crippen LogP contribution in [-0.4, -0.2) is 28.8 Å². The number of nitrogens with zero attached hydrogens (tertiary/aromatic N) is 2. The second-order valence-corrected chi connectivity index (χ2v) is 5.83. The number of anilines is 1. The van der Waals surface area contributed by atoms with Gasteiger partial charge in [0.05, 0.1) is 5.69 Å². The molecule has 28 heavy (non-hydrogen) atoms. The molecule has 1 amide bonds. The van der Waals surface area contributed by atoms with Gasteiger partial charge in [0.2, 0.25) is 17.6 Å². The maximum Gasteiger partial charge on any atom is 0.422 e. The van der Waals surface area contributed by atoms with Crippen LogP contribution >= 0.6 is 0 Å². The van der Waals surface area contributed by atoms with Crippen molar-refractivity contribution in [1.29, 1.82) is 0 Å². The maximum atomic E-state index is 12.3. The Morgan fingerprint density at radius 2 is 1.79 bits per heavy atom. The number of para-hydroxylation sites is 2. The number of aromatic nitrogens is 2. The van der Waals surface area contributed by atoms with Crippen molar-refractivity contribution in [3.05, 3.63) is 60.5 Å². The van der Waals surface area contributed by atoms with Crippen LogP contribution in [0.2, 0.25) is 0 Å². The first kappa shape index (κ1) is 19.4. The van der Waals surface area contributed by atoms with Crippen LogP contribution in [0, 0.1) is 0 Å². The highest BCUT2D eigenvalue weighted by Gasteiger charge is 2.28. The molecule has 0 radical (unpaired) electrons. The first-order chi connectivity index (χ1) is 13.4. The van der Waals surface area contributed by atoms with Crippen molar-refractivity contribution in [2.24, 2.45) is 0 Å². The summed E-state index contributed by atoms with van der Waals surface area (Å²) < 4.78 is 46.9. The lowest BCUT2D eigenvalue weighted by Gasteiger charge is -2.13. The predicted molar refractivity (Wildman–Crippen MR) is 94.7 cm³/mol. The van der Waals surface area contributed by atoms with E-state index in [2.05, 4.69) is 15.5 Å². The number of hydrogen-bond acceptors (Lipinski definition) is 5. The molecule has 1 N–H and O–H groups in total. The van der Waals surface area contributed by atoms with Crippen molar-refractivity contribution < 1.29 is 27.2 Å². The summed E-state index contributed by atoms with van der Waals surface area (Å²) in [6, 6.07) is 15.1. The molecule has 1 aromatic heterocycles. The molecule has 0 saturated carbocycles. The monoisotopic (exact) mass is 391 g/mol. The molecule has 146 valence electrons. The Balaban J connectivity index is 1.56. The van der Waals surface area contributed by atoms with Gasteiger partial charge in [-0.2, -0.15) is 18.2 Å². The Kier molecular flexibility index (Phi) is 5.93. The SMILES string of the molecule is O=C(CCc1nc(-c2ccccc2)no1)Nc1ccccc1OCC(F)(F)F. The number of ether oxygens (including phenoxy) is 1. The Morgan fingerprint density at radius 3 is 2.54 bits per heavy atom. The molecular formula is C19H16F3N3O3. The molecule has 0 spiro atoms. The molecule has 1 heterocycles. The van der Waals surface area contributed by atoms with Gasteiger partial charge in [-0.1, -0.05) is 47.6 Å².